The van der Waals surface area contributed by atoms with Crippen LogP contribution in [0.4, 0.5) is 13.2 Å². The predicted molar refractivity (Wildman–Crippen MR) is 54.3 cm³/mol. The first-order chi connectivity index (χ1) is 7.91. The smallest absolute Gasteiger partial charge is 0.366 e. The fourth-order valence-corrected chi connectivity index (χ4v) is 2.01. The van der Waals surface area contributed by atoms with Crippen LogP contribution in [0, 0.1) is 0 Å². The van der Waals surface area contributed by atoms with Crippen molar-refractivity contribution in [1.82, 2.24) is 4.98 Å². The lowest BCUT2D eigenvalue weighted by molar-refractivity contribution is -0.141. The number of carbonyl (C=O) groups excluding carboxylic acids is 1. The molecule has 17 heavy (non-hydrogen) atoms. The third kappa shape index (κ3) is 2.11. The molecule has 2 rings (SSSR count). The fraction of sp³-hybridized carbons (Fsp3) is 0.455. The van der Waals surface area contributed by atoms with E-state index in [1.165, 1.54) is 6.07 Å². The van der Waals surface area contributed by atoms with Gasteiger partial charge in [-0.3, -0.25) is 9.78 Å². The highest BCUT2D eigenvalue weighted by molar-refractivity contribution is 5.95. The average molecular weight is 244 g/mol. The molecular weight excluding hydrogens is 233 g/mol. The number of amides is 1. The molecule has 3 nitrogen and oxygen atoms in total. The molecule has 92 valence electrons. The third-order valence-corrected chi connectivity index (χ3v) is 3.04. The minimum absolute atomic E-state index is 0.00148. The molecule has 1 aliphatic carbocycles. The van der Waals surface area contributed by atoms with E-state index in [4.69, 9.17) is 5.73 Å². The quantitative estimate of drug-likeness (QED) is 0.868. The van der Waals surface area contributed by atoms with E-state index in [1.807, 2.05) is 0 Å². The van der Waals surface area contributed by atoms with Crippen LogP contribution in [0.25, 0.3) is 0 Å². The van der Waals surface area contributed by atoms with Crippen molar-refractivity contribution in [3.8, 4) is 0 Å². The Kier molecular flexibility index (Phi) is 2.81. The summed E-state index contributed by atoms with van der Waals surface area (Å²) >= 11 is 0. The number of primary amides is 1. The molecule has 1 aliphatic rings. The lowest BCUT2D eigenvalue weighted by Gasteiger charge is -2.28. The lowest BCUT2D eigenvalue weighted by atomic mass is 9.78. The maximum atomic E-state index is 12.7. The van der Waals surface area contributed by atoms with Crippen molar-refractivity contribution in [2.75, 3.05) is 0 Å². The van der Waals surface area contributed by atoms with Crippen LogP contribution in [0.5, 0.6) is 0 Å². The molecule has 1 heterocycles. The van der Waals surface area contributed by atoms with Crippen LogP contribution in [-0.4, -0.2) is 10.9 Å². The molecule has 6 heteroatoms. The van der Waals surface area contributed by atoms with Crippen molar-refractivity contribution >= 4 is 5.91 Å². The molecule has 1 aromatic heterocycles. The van der Waals surface area contributed by atoms with Gasteiger partial charge < -0.3 is 5.73 Å². The maximum absolute atomic E-state index is 12.7. The molecular formula is C11H11F3N2O. The summed E-state index contributed by atoms with van der Waals surface area (Å²) in [7, 11) is 0. The number of carbonyl (C=O) groups is 1. The van der Waals surface area contributed by atoms with Gasteiger partial charge >= 0.3 is 6.18 Å². The fourth-order valence-electron chi connectivity index (χ4n) is 2.01. The number of hydrogen-bond donors (Lipinski definition) is 1. The Labute approximate surface area is 95.8 Å². The first-order valence-electron chi connectivity index (χ1n) is 5.27. The van der Waals surface area contributed by atoms with Gasteiger partial charge in [-0.1, -0.05) is 6.42 Å². The van der Waals surface area contributed by atoms with E-state index in [-0.39, 0.29) is 5.92 Å². The molecule has 0 aromatic carbocycles. The second kappa shape index (κ2) is 4.01. The Hall–Kier alpha value is -1.59. The molecule has 0 aliphatic heterocycles. The zero-order chi connectivity index (χ0) is 12.6. The number of pyridine rings is 1. The minimum Gasteiger partial charge on any atom is -0.366 e. The second-order valence-electron chi connectivity index (χ2n) is 4.11. The van der Waals surface area contributed by atoms with Gasteiger partial charge in [-0.25, -0.2) is 0 Å². The van der Waals surface area contributed by atoms with E-state index in [1.54, 1.807) is 0 Å². The number of halogens is 3. The largest absolute Gasteiger partial charge is 0.434 e. The summed E-state index contributed by atoms with van der Waals surface area (Å²) in [5.74, 6) is -1.06. The monoisotopic (exact) mass is 244 g/mol. The summed E-state index contributed by atoms with van der Waals surface area (Å²) in [6.07, 6.45) is -1.01. The Bertz CT molecular complexity index is 453. The zero-order valence-electron chi connectivity index (χ0n) is 8.92. The van der Waals surface area contributed by atoms with Gasteiger partial charge in [-0.05, 0) is 30.4 Å². The Morgan fingerprint density at radius 3 is 2.47 bits per heavy atom. The standard InChI is InChI=1S/C11H11F3N2O/c12-11(13,14)9-8(10(15)17)7(4-5-16-9)6-2-1-3-6/h4-6H,1-3H2,(H2,15,17). The highest BCUT2D eigenvalue weighted by atomic mass is 19.4. The van der Waals surface area contributed by atoms with Crippen molar-refractivity contribution in [3.63, 3.8) is 0 Å². The van der Waals surface area contributed by atoms with Gasteiger partial charge in [0, 0.05) is 6.20 Å². The highest BCUT2D eigenvalue weighted by Gasteiger charge is 2.39. The van der Waals surface area contributed by atoms with E-state index in [9.17, 15) is 18.0 Å². The van der Waals surface area contributed by atoms with E-state index >= 15 is 0 Å². The van der Waals surface area contributed by atoms with Crippen LogP contribution in [0.15, 0.2) is 12.3 Å². The summed E-state index contributed by atoms with van der Waals surface area (Å²) < 4.78 is 38.1. The Morgan fingerprint density at radius 1 is 1.41 bits per heavy atom. The molecule has 2 N–H and O–H groups in total. The summed E-state index contributed by atoms with van der Waals surface area (Å²) in [5.41, 5.74) is 3.79. The number of aromatic nitrogens is 1. The summed E-state index contributed by atoms with van der Waals surface area (Å²) in [4.78, 5) is 14.5. The Balaban J connectivity index is 2.56. The van der Waals surface area contributed by atoms with Gasteiger partial charge in [0.15, 0.2) is 5.69 Å². The van der Waals surface area contributed by atoms with Crippen molar-refractivity contribution in [2.24, 2.45) is 5.73 Å². The first-order valence-corrected chi connectivity index (χ1v) is 5.27. The topological polar surface area (TPSA) is 56.0 Å². The minimum atomic E-state index is -4.65. The first kappa shape index (κ1) is 11.9. The predicted octanol–water partition coefficient (Wildman–Crippen LogP) is 2.47. The highest BCUT2D eigenvalue weighted by Crippen LogP contribution is 2.40. The zero-order valence-corrected chi connectivity index (χ0v) is 8.92. The van der Waals surface area contributed by atoms with Gasteiger partial charge in [-0.2, -0.15) is 13.2 Å². The number of nitrogens with two attached hydrogens (primary N) is 1. The molecule has 0 bridgehead atoms. The average Bonchev–Trinajstić information content (AvgIpc) is 2.12. The molecule has 0 radical (unpaired) electrons. The molecule has 0 unspecified atom stereocenters. The van der Waals surface area contributed by atoms with Crippen LogP contribution in [0.1, 0.15) is 46.8 Å². The van der Waals surface area contributed by atoms with E-state index in [2.05, 4.69) is 4.98 Å². The van der Waals surface area contributed by atoms with E-state index in [0.29, 0.717) is 5.56 Å². The van der Waals surface area contributed by atoms with Crippen molar-refractivity contribution in [1.29, 1.82) is 0 Å². The SMILES string of the molecule is NC(=O)c1c(C2CCC2)ccnc1C(F)(F)F. The van der Waals surface area contributed by atoms with Gasteiger partial charge in [0.1, 0.15) is 0 Å². The molecule has 1 amide bonds. The number of rotatable bonds is 2. The van der Waals surface area contributed by atoms with Crippen LogP contribution in [0.2, 0.25) is 0 Å². The van der Waals surface area contributed by atoms with Crippen molar-refractivity contribution in [3.05, 3.63) is 29.1 Å². The van der Waals surface area contributed by atoms with Crippen LogP contribution >= 0.6 is 0 Å². The van der Waals surface area contributed by atoms with Gasteiger partial charge in [0.2, 0.25) is 0 Å². The molecule has 1 fully saturated rings. The number of hydrogen-bond acceptors (Lipinski definition) is 2. The van der Waals surface area contributed by atoms with Crippen molar-refractivity contribution < 1.29 is 18.0 Å². The van der Waals surface area contributed by atoms with Crippen LogP contribution < -0.4 is 5.73 Å². The Morgan fingerprint density at radius 2 is 2.06 bits per heavy atom. The summed E-state index contributed by atoms with van der Waals surface area (Å²) in [5, 5.41) is 0. The molecule has 1 aromatic rings. The van der Waals surface area contributed by atoms with Crippen LogP contribution in [0.3, 0.4) is 0 Å². The van der Waals surface area contributed by atoms with E-state index < -0.39 is 23.3 Å². The summed E-state index contributed by atoms with van der Waals surface area (Å²) in [6.45, 7) is 0. The number of alkyl halides is 3. The van der Waals surface area contributed by atoms with Crippen molar-refractivity contribution in [2.45, 2.75) is 31.4 Å². The lowest BCUT2D eigenvalue weighted by Crippen LogP contribution is -2.25. The third-order valence-electron chi connectivity index (χ3n) is 3.04. The van der Waals surface area contributed by atoms with Gasteiger partial charge in [0.05, 0.1) is 5.56 Å². The normalized spacial score (nSPS) is 16.6. The maximum Gasteiger partial charge on any atom is 0.434 e. The van der Waals surface area contributed by atoms with E-state index in [0.717, 1.165) is 25.5 Å². The van der Waals surface area contributed by atoms with Gasteiger partial charge in [-0.15, -0.1) is 0 Å². The number of nitrogens with zero attached hydrogens (tertiary/aromatic N) is 1. The molecule has 0 atom stereocenters. The molecule has 0 spiro atoms. The second-order valence-corrected chi connectivity index (χ2v) is 4.11. The van der Waals surface area contributed by atoms with Gasteiger partial charge in [0.25, 0.3) is 5.91 Å². The van der Waals surface area contributed by atoms with Crippen LogP contribution in [-0.2, 0) is 6.18 Å². The molecule has 1 saturated carbocycles. The molecule has 0 saturated heterocycles. The summed E-state index contributed by atoms with van der Waals surface area (Å²) in [6, 6.07) is 1.46.